The Hall–Kier alpha value is -1.96. The molecule has 14 atom stereocenters. The molecule has 0 amide bonds. The molecule has 0 aromatic rings. The molecule has 6 rings (SSSR count). The van der Waals surface area contributed by atoms with Crippen LogP contribution in [-0.2, 0) is 23.8 Å². The Morgan fingerprint density at radius 1 is 1.04 bits per heavy atom. The van der Waals surface area contributed by atoms with Crippen LogP contribution in [0.25, 0.3) is 0 Å². The molecule has 250 valence electrons. The molecule has 1 saturated heterocycles. The molecule has 4 aliphatic carbocycles. The molecular formula is C34H48O11. The van der Waals surface area contributed by atoms with Crippen LogP contribution in [0.15, 0.2) is 34.9 Å². The van der Waals surface area contributed by atoms with Crippen LogP contribution in [0.2, 0.25) is 0 Å². The lowest BCUT2D eigenvalue weighted by atomic mass is 9.46. The van der Waals surface area contributed by atoms with Crippen molar-refractivity contribution >= 4 is 11.8 Å². The Balaban J connectivity index is 1.17. The number of rotatable bonds is 7. The van der Waals surface area contributed by atoms with Crippen LogP contribution in [0.3, 0.4) is 0 Å². The lowest BCUT2D eigenvalue weighted by Gasteiger charge is -2.58. The molecular weight excluding hydrogens is 584 g/mol. The molecule has 2 saturated carbocycles. The Bertz CT molecular complexity index is 1270. The number of carbonyl (C=O) groups is 2. The largest absolute Gasteiger partial charge is 0.458 e. The zero-order chi connectivity index (χ0) is 32.4. The Kier molecular flexibility index (Phi) is 8.97. The molecule has 11 nitrogen and oxygen atoms in total. The summed E-state index contributed by atoms with van der Waals surface area (Å²) < 4.78 is 17.0. The summed E-state index contributed by atoms with van der Waals surface area (Å²) in [6.07, 6.45) is 1.56. The maximum atomic E-state index is 13.3. The summed E-state index contributed by atoms with van der Waals surface area (Å²) in [7, 11) is 0. The second-order valence-electron chi connectivity index (χ2n) is 14.6. The third kappa shape index (κ3) is 5.09. The van der Waals surface area contributed by atoms with Gasteiger partial charge in [0.1, 0.15) is 30.5 Å². The van der Waals surface area contributed by atoms with Crippen LogP contribution in [0.5, 0.6) is 0 Å². The van der Waals surface area contributed by atoms with Gasteiger partial charge in [-0.15, -0.1) is 0 Å². The van der Waals surface area contributed by atoms with Gasteiger partial charge < -0.3 is 44.8 Å². The molecule has 11 heteroatoms. The fraction of sp³-hybridized carbons (Fsp3) is 0.765. The third-order valence-electron chi connectivity index (χ3n) is 12.8. The molecule has 6 aliphatic rings. The number of aliphatic hydroxyl groups excluding tert-OH is 6. The van der Waals surface area contributed by atoms with E-state index in [9.17, 15) is 40.2 Å². The maximum Gasteiger partial charge on any atom is 0.336 e. The molecule has 45 heavy (non-hydrogen) atoms. The van der Waals surface area contributed by atoms with Gasteiger partial charge in [-0.2, -0.15) is 0 Å². The first-order chi connectivity index (χ1) is 21.4. The average Bonchev–Trinajstić information content (AvgIpc) is 3.36. The van der Waals surface area contributed by atoms with Gasteiger partial charge in [0.05, 0.1) is 30.3 Å². The number of hydrogen-bond acceptors (Lipinski definition) is 11. The summed E-state index contributed by atoms with van der Waals surface area (Å²) in [6, 6.07) is 0. The van der Waals surface area contributed by atoms with E-state index in [1.807, 2.05) is 6.08 Å². The highest BCUT2D eigenvalue weighted by molar-refractivity contribution is 5.98. The highest BCUT2D eigenvalue weighted by Gasteiger charge is 2.64. The molecule has 2 unspecified atom stereocenters. The van der Waals surface area contributed by atoms with E-state index in [0.717, 1.165) is 31.3 Å². The van der Waals surface area contributed by atoms with Crippen molar-refractivity contribution in [2.24, 2.45) is 40.4 Å². The summed E-state index contributed by atoms with van der Waals surface area (Å²) >= 11 is 0. The summed E-state index contributed by atoms with van der Waals surface area (Å²) in [5.41, 5.74) is 0.992. The lowest BCUT2D eigenvalue weighted by molar-refractivity contribution is -0.299. The maximum absolute atomic E-state index is 13.3. The van der Waals surface area contributed by atoms with Crippen molar-refractivity contribution in [1.82, 2.24) is 0 Å². The van der Waals surface area contributed by atoms with Gasteiger partial charge in [0, 0.05) is 18.9 Å². The fourth-order valence-corrected chi connectivity index (χ4v) is 10.0. The van der Waals surface area contributed by atoms with Crippen molar-refractivity contribution in [1.29, 1.82) is 0 Å². The van der Waals surface area contributed by atoms with E-state index in [-0.39, 0.29) is 48.2 Å². The number of fused-ring (bicyclic) bond motifs is 5. The minimum Gasteiger partial charge on any atom is -0.458 e. The van der Waals surface area contributed by atoms with Crippen LogP contribution in [0.1, 0.15) is 59.3 Å². The van der Waals surface area contributed by atoms with Gasteiger partial charge in [0.15, 0.2) is 12.1 Å². The number of cyclic esters (lactones) is 1. The van der Waals surface area contributed by atoms with Gasteiger partial charge in [-0.25, -0.2) is 4.79 Å². The van der Waals surface area contributed by atoms with Crippen molar-refractivity contribution in [2.45, 2.75) is 102 Å². The van der Waals surface area contributed by atoms with E-state index in [4.69, 9.17) is 14.2 Å². The van der Waals surface area contributed by atoms with Crippen molar-refractivity contribution in [3.05, 3.63) is 34.9 Å². The number of esters is 1. The molecule has 2 heterocycles. The van der Waals surface area contributed by atoms with E-state index in [2.05, 4.69) is 19.9 Å². The standard InChI is InChI=1S/C34H48O11/c1-16-11-24(44-31(42)20(16)15-43-32-30(41)29(40)28(39)25(14-36)45-32)19(13-35)22-10-9-21-18-8-7-17-5-4-6-26(37)33(17,2)23(18)12-27(38)34(21,22)3/h4,6-7,18-19,21-25,27-30,32,35-36,38-41H,5,8-15H2,1-3H3/t18-,19-,21-,22+,23-,24+,25+,27?,28+,29-,30+,32+,33-,34?/m0/s1. The van der Waals surface area contributed by atoms with Crippen LogP contribution in [0.4, 0.5) is 0 Å². The number of carbonyl (C=O) groups excluding carboxylic acids is 2. The second-order valence-corrected chi connectivity index (χ2v) is 14.6. The first-order valence-electron chi connectivity index (χ1n) is 16.4. The number of ether oxygens (including phenoxy) is 3. The SMILES string of the molecule is CC1=C(CO[C@@H]2O[C@H](CO)[C@@H](O)[C@H](O)[C@H]2O)C(=O)O[C@@H]([C@@H](CO)[C@H]2CC[C@H]3[C@@H]4CC=C5CC=CC(=O)[C@]5(C)[C@H]4CC(O)C23C)C1. The zero-order valence-corrected chi connectivity index (χ0v) is 26.2. The molecule has 0 radical (unpaired) electrons. The van der Waals surface area contributed by atoms with Crippen LogP contribution < -0.4 is 0 Å². The van der Waals surface area contributed by atoms with E-state index >= 15 is 0 Å². The van der Waals surface area contributed by atoms with Crippen molar-refractivity contribution in [3.63, 3.8) is 0 Å². The normalized spacial score (nSPS) is 47.0. The second kappa shape index (κ2) is 12.2. The van der Waals surface area contributed by atoms with Crippen LogP contribution in [0, 0.1) is 40.4 Å². The van der Waals surface area contributed by atoms with E-state index < -0.39 is 72.2 Å². The number of allylic oxidation sites excluding steroid dienone is 4. The van der Waals surface area contributed by atoms with Crippen molar-refractivity contribution in [2.75, 3.05) is 19.8 Å². The summed E-state index contributed by atoms with van der Waals surface area (Å²) in [4.78, 5) is 26.5. The molecule has 6 N–H and O–H groups in total. The van der Waals surface area contributed by atoms with Crippen LogP contribution >= 0.6 is 0 Å². The molecule has 0 bridgehead atoms. The highest BCUT2D eigenvalue weighted by atomic mass is 16.7. The number of aliphatic hydroxyl groups is 6. The minimum atomic E-state index is -1.60. The quantitative estimate of drug-likeness (QED) is 0.174. The van der Waals surface area contributed by atoms with Gasteiger partial charge in [0.25, 0.3) is 0 Å². The number of hydrogen-bond donors (Lipinski definition) is 6. The predicted octanol–water partition coefficient (Wildman–Crippen LogP) is 0.938. The van der Waals surface area contributed by atoms with Crippen LogP contribution in [-0.4, -0.2) is 105 Å². The number of ketones is 1. The van der Waals surface area contributed by atoms with E-state index in [1.165, 1.54) is 0 Å². The lowest BCUT2D eigenvalue weighted by Crippen LogP contribution is -2.59. The van der Waals surface area contributed by atoms with Gasteiger partial charge in [-0.05, 0) is 81.1 Å². The smallest absolute Gasteiger partial charge is 0.336 e. The van der Waals surface area contributed by atoms with Gasteiger partial charge in [-0.3, -0.25) is 4.79 Å². The summed E-state index contributed by atoms with van der Waals surface area (Å²) in [5.74, 6) is -0.527. The van der Waals surface area contributed by atoms with Gasteiger partial charge in [-0.1, -0.05) is 30.2 Å². The summed E-state index contributed by atoms with van der Waals surface area (Å²) in [5, 5.41) is 62.4. The fourth-order valence-electron chi connectivity index (χ4n) is 10.0. The van der Waals surface area contributed by atoms with Crippen molar-refractivity contribution in [3.8, 4) is 0 Å². The Morgan fingerprint density at radius 2 is 1.80 bits per heavy atom. The topological polar surface area (TPSA) is 183 Å². The Labute approximate surface area is 263 Å². The van der Waals surface area contributed by atoms with E-state index in [0.29, 0.717) is 18.4 Å². The third-order valence-corrected chi connectivity index (χ3v) is 12.8. The highest BCUT2D eigenvalue weighted by Crippen LogP contribution is 2.66. The van der Waals surface area contributed by atoms with Gasteiger partial charge >= 0.3 is 5.97 Å². The molecule has 0 aromatic heterocycles. The molecule has 0 aromatic carbocycles. The predicted molar refractivity (Wildman–Crippen MR) is 159 cm³/mol. The molecule has 2 aliphatic heterocycles. The Morgan fingerprint density at radius 3 is 2.49 bits per heavy atom. The first kappa shape index (κ1) is 33.0. The average molecular weight is 633 g/mol. The van der Waals surface area contributed by atoms with E-state index in [1.54, 1.807) is 13.0 Å². The monoisotopic (exact) mass is 632 g/mol. The molecule has 3 fully saturated rings. The minimum absolute atomic E-state index is 0.0540. The van der Waals surface area contributed by atoms with Crippen molar-refractivity contribution < 1.29 is 54.4 Å². The summed E-state index contributed by atoms with van der Waals surface area (Å²) in [6.45, 7) is 4.88. The molecule has 0 spiro atoms. The first-order valence-corrected chi connectivity index (χ1v) is 16.4. The van der Waals surface area contributed by atoms with Gasteiger partial charge in [0.2, 0.25) is 0 Å². The zero-order valence-electron chi connectivity index (χ0n) is 26.2.